The fourth-order valence-electron chi connectivity index (χ4n) is 2.93. The van der Waals surface area contributed by atoms with Crippen molar-refractivity contribution >= 4 is 9.84 Å². The van der Waals surface area contributed by atoms with Gasteiger partial charge in [0.25, 0.3) is 0 Å². The maximum atomic E-state index is 12.0. The highest BCUT2D eigenvalue weighted by Gasteiger charge is 2.49. The van der Waals surface area contributed by atoms with E-state index in [1.54, 1.807) is 6.08 Å². The molecule has 0 radical (unpaired) electrons. The Kier molecular flexibility index (Phi) is 2.67. The summed E-state index contributed by atoms with van der Waals surface area (Å²) in [5.41, 5.74) is -0.879. The first-order chi connectivity index (χ1) is 6.98. The SMILES string of the molecule is C/C=C\C1(O)CC2CCCC(C1)S2(=O)=O. The Bertz CT molecular complexity index is 349. The smallest absolute Gasteiger partial charge is 0.156 e. The van der Waals surface area contributed by atoms with Gasteiger partial charge < -0.3 is 5.11 Å². The summed E-state index contributed by atoms with van der Waals surface area (Å²) in [4.78, 5) is 0. The largest absolute Gasteiger partial charge is 0.386 e. The molecule has 2 unspecified atom stereocenters. The van der Waals surface area contributed by atoms with Crippen LogP contribution in [0.5, 0.6) is 0 Å². The topological polar surface area (TPSA) is 54.4 Å². The molecule has 3 nitrogen and oxygen atoms in total. The first kappa shape index (κ1) is 11.1. The van der Waals surface area contributed by atoms with Gasteiger partial charge in [-0.2, -0.15) is 0 Å². The van der Waals surface area contributed by atoms with E-state index in [0.29, 0.717) is 12.8 Å². The Morgan fingerprint density at radius 1 is 1.27 bits per heavy atom. The summed E-state index contributed by atoms with van der Waals surface area (Å²) in [5, 5.41) is 9.63. The molecule has 0 spiro atoms. The Hall–Kier alpha value is -0.350. The molecule has 0 amide bonds. The monoisotopic (exact) mass is 230 g/mol. The molecule has 0 aliphatic carbocycles. The van der Waals surface area contributed by atoms with Crippen molar-refractivity contribution in [1.82, 2.24) is 0 Å². The molecule has 2 atom stereocenters. The Morgan fingerprint density at radius 2 is 1.80 bits per heavy atom. The third-order valence-electron chi connectivity index (χ3n) is 3.62. The lowest BCUT2D eigenvalue weighted by Crippen LogP contribution is -2.50. The maximum absolute atomic E-state index is 12.0. The lowest BCUT2D eigenvalue weighted by atomic mass is 9.85. The van der Waals surface area contributed by atoms with E-state index in [4.69, 9.17) is 0 Å². The van der Waals surface area contributed by atoms with Crippen LogP contribution in [-0.4, -0.2) is 29.6 Å². The number of aliphatic hydroxyl groups is 1. The van der Waals surface area contributed by atoms with Gasteiger partial charge in [-0.1, -0.05) is 18.6 Å². The molecule has 2 bridgehead atoms. The minimum Gasteiger partial charge on any atom is -0.386 e. The molecule has 0 aromatic carbocycles. The van der Waals surface area contributed by atoms with E-state index < -0.39 is 15.4 Å². The van der Waals surface area contributed by atoms with Gasteiger partial charge in [-0.3, -0.25) is 0 Å². The molecule has 0 aromatic heterocycles. The van der Waals surface area contributed by atoms with Crippen LogP contribution in [0.1, 0.15) is 39.0 Å². The number of sulfone groups is 1. The molecule has 2 fully saturated rings. The van der Waals surface area contributed by atoms with E-state index in [0.717, 1.165) is 19.3 Å². The molecule has 2 heterocycles. The van der Waals surface area contributed by atoms with E-state index in [1.807, 2.05) is 13.0 Å². The minimum atomic E-state index is -2.95. The maximum Gasteiger partial charge on any atom is 0.156 e. The van der Waals surface area contributed by atoms with Crippen molar-refractivity contribution in [3.63, 3.8) is 0 Å². The van der Waals surface area contributed by atoms with Crippen LogP contribution in [0.3, 0.4) is 0 Å². The molecular formula is C11H18O3S. The van der Waals surface area contributed by atoms with Gasteiger partial charge in [-0.15, -0.1) is 0 Å². The molecule has 86 valence electrons. The zero-order valence-corrected chi connectivity index (χ0v) is 9.83. The predicted octanol–water partition coefficient (Wildman–Crippen LogP) is 1.42. The Labute approximate surface area is 91.1 Å². The van der Waals surface area contributed by atoms with Crippen molar-refractivity contribution in [1.29, 1.82) is 0 Å². The summed E-state index contributed by atoms with van der Waals surface area (Å²) >= 11 is 0. The number of allylic oxidation sites excluding steroid dienone is 1. The average molecular weight is 230 g/mol. The zero-order valence-electron chi connectivity index (χ0n) is 9.02. The second-order valence-corrected chi connectivity index (χ2v) is 7.29. The van der Waals surface area contributed by atoms with Gasteiger partial charge in [-0.25, -0.2) is 8.42 Å². The van der Waals surface area contributed by atoms with E-state index >= 15 is 0 Å². The molecular weight excluding hydrogens is 212 g/mol. The van der Waals surface area contributed by atoms with Crippen molar-refractivity contribution in [2.45, 2.75) is 55.1 Å². The van der Waals surface area contributed by atoms with Crippen molar-refractivity contribution < 1.29 is 13.5 Å². The highest BCUT2D eigenvalue weighted by molar-refractivity contribution is 7.92. The van der Waals surface area contributed by atoms with Crippen molar-refractivity contribution in [2.75, 3.05) is 0 Å². The van der Waals surface area contributed by atoms with Crippen LogP contribution in [0.2, 0.25) is 0 Å². The average Bonchev–Trinajstić information content (AvgIpc) is 2.09. The molecule has 2 aliphatic rings. The summed E-state index contributed by atoms with van der Waals surface area (Å²) in [7, 11) is -2.95. The standard InChI is InChI=1S/C11H18O3S/c1-2-6-11(12)7-9-4-3-5-10(8-11)15(9,13)14/h2,6,9-10,12H,3-5,7-8H2,1H3/b6-2-. The summed E-state index contributed by atoms with van der Waals surface area (Å²) < 4.78 is 23.9. The normalized spacial score (nSPS) is 44.4. The van der Waals surface area contributed by atoms with Crippen LogP contribution in [0.15, 0.2) is 12.2 Å². The highest BCUT2D eigenvalue weighted by atomic mass is 32.2. The zero-order chi connectivity index (χ0) is 11.1. The number of hydrogen-bond donors (Lipinski definition) is 1. The van der Waals surface area contributed by atoms with Crippen molar-refractivity contribution in [2.24, 2.45) is 0 Å². The van der Waals surface area contributed by atoms with Crippen molar-refractivity contribution in [3.8, 4) is 0 Å². The minimum absolute atomic E-state index is 0.314. The Balaban J connectivity index is 2.30. The third kappa shape index (κ3) is 1.85. The number of hydrogen-bond acceptors (Lipinski definition) is 3. The Morgan fingerprint density at radius 3 is 2.27 bits per heavy atom. The molecule has 2 rings (SSSR count). The van der Waals surface area contributed by atoms with Gasteiger partial charge in [0.2, 0.25) is 0 Å². The van der Waals surface area contributed by atoms with Crippen LogP contribution in [-0.2, 0) is 9.84 Å². The van der Waals surface area contributed by atoms with Crippen LogP contribution >= 0.6 is 0 Å². The fourth-order valence-corrected chi connectivity index (χ4v) is 5.51. The molecule has 2 saturated heterocycles. The fraction of sp³-hybridized carbons (Fsp3) is 0.818. The molecule has 1 N–H and O–H groups in total. The summed E-state index contributed by atoms with van der Waals surface area (Å²) in [6.07, 6.45) is 6.77. The molecule has 0 aromatic rings. The van der Waals surface area contributed by atoms with Gasteiger partial charge in [0, 0.05) is 0 Å². The number of fused-ring (bicyclic) bond motifs is 2. The van der Waals surface area contributed by atoms with Crippen LogP contribution in [0.25, 0.3) is 0 Å². The van der Waals surface area contributed by atoms with Crippen molar-refractivity contribution in [3.05, 3.63) is 12.2 Å². The summed E-state index contributed by atoms with van der Waals surface area (Å²) in [5.74, 6) is 0. The lowest BCUT2D eigenvalue weighted by molar-refractivity contribution is 0.0565. The van der Waals surface area contributed by atoms with Crippen LogP contribution < -0.4 is 0 Å². The van der Waals surface area contributed by atoms with Gasteiger partial charge >= 0.3 is 0 Å². The number of rotatable bonds is 1. The van der Waals surface area contributed by atoms with Gasteiger partial charge in [0.1, 0.15) is 0 Å². The molecule has 4 heteroatoms. The lowest BCUT2D eigenvalue weighted by Gasteiger charge is -2.42. The first-order valence-corrected chi connectivity index (χ1v) is 7.18. The quantitative estimate of drug-likeness (QED) is 0.693. The second kappa shape index (κ2) is 3.59. The predicted molar refractivity (Wildman–Crippen MR) is 59.3 cm³/mol. The highest BCUT2D eigenvalue weighted by Crippen LogP contribution is 2.41. The van der Waals surface area contributed by atoms with E-state index in [2.05, 4.69) is 0 Å². The van der Waals surface area contributed by atoms with E-state index in [9.17, 15) is 13.5 Å². The molecule has 15 heavy (non-hydrogen) atoms. The first-order valence-electron chi connectivity index (χ1n) is 5.57. The summed E-state index contributed by atoms with van der Waals surface area (Å²) in [6, 6.07) is 0. The van der Waals surface area contributed by atoms with Crippen LogP contribution in [0.4, 0.5) is 0 Å². The summed E-state index contributed by atoms with van der Waals surface area (Å²) in [6.45, 7) is 1.86. The van der Waals surface area contributed by atoms with Gasteiger partial charge in [0.15, 0.2) is 9.84 Å². The third-order valence-corrected chi connectivity index (χ3v) is 6.28. The molecule has 0 saturated carbocycles. The second-order valence-electron chi connectivity index (χ2n) is 4.78. The van der Waals surface area contributed by atoms with Gasteiger partial charge in [-0.05, 0) is 32.6 Å². The molecule has 2 aliphatic heterocycles. The van der Waals surface area contributed by atoms with Gasteiger partial charge in [0.05, 0.1) is 16.1 Å². The van der Waals surface area contributed by atoms with E-state index in [1.165, 1.54) is 0 Å². The van der Waals surface area contributed by atoms with E-state index in [-0.39, 0.29) is 10.5 Å². The van der Waals surface area contributed by atoms with Crippen LogP contribution in [0, 0.1) is 0 Å².